The molecule has 1 fully saturated rings. The summed E-state index contributed by atoms with van der Waals surface area (Å²) >= 11 is 0. The van der Waals surface area contributed by atoms with Crippen LogP contribution in [0.25, 0.3) is 10.9 Å². The SMILES string of the molecule is C[C@H](C(=O)c1c[nH]c2ccccc12)N1CCN(S(=O)(=O)c2cccc(F)c2)CC1. The Morgan fingerprint density at radius 3 is 2.52 bits per heavy atom. The van der Waals surface area contributed by atoms with Crippen LogP contribution in [0.5, 0.6) is 0 Å². The number of carbonyl (C=O) groups is 1. The maximum absolute atomic E-state index is 13.4. The number of hydrogen-bond donors (Lipinski definition) is 1. The Hall–Kier alpha value is -2.55. The summed E-state index contributed by atoms with van der Waals surface area (Å²) in [7, 11) is -3.75. The zero-order chi connectivity index (χ0) is 20.6. The van der Waals surface area contributed by atoms with Gasteiger partial charge in [0.15, 0.2) is 5.78 Å². The van der Waals surface area contributed by atoms with Crippen LogP contribution in [0.15, 0.2) is 59.6 Å². The number of nitrogens with one attached hydrogen (secondary N) is 1. The van der Waals surface area contributed by atoms with Crippen LogP contribution >= 0.6 is 0 Å². The molecule has 1 saturated heterocycles. The van der Waals surface area contributed by atoms with E-state index >= 15 is 0 Å². The Balaban J connectivity index is 1.46. The van der Waals surface area contributed by atoms with Crippen molar-refractivity contribution in [2.45, 2.75) is 17.9 Å². The van der Waals surface area contributed by atoms with E-state index < -0.39 is 15.8 Å². The van der Waals surface area contributed by atoms with Gasteiger partial charge in [0.25, 0.3) is 0 Å². The standard InChI is InChI=1S/C21H22FN3O3S/c1-15(21(26)19-14-23-20-8-3-2-7-18(19)20)24-9-11-25(12-10-24)29(27,28)17-6-4-5-16(22)13-17/h2-8,13-15,23H,9-12H2,1H3/t15-/m1/s1. The van der Waals surface area contributed by atoms with Crippen LogP contribution in [-0.4, -0.2) is 60.6 Å². The highest BCUT2D eigenvalue weighted by Gasteiger charge is 2.32. The molecule has 152 valence electrons. The Bertz CT molecular complexity index is 1150. The van der Waals surface area contributed by atoms with Gasteiger partial charge in [0.2, 0.25) is 10.0 Å². The van der Waals surface area contributed by atoms with E-state index in [1.54, 1.807) is 6.20 Å². The molecule has 8 heteroatoms. The smallest absolute Gasteiger partial charge is 0.243 e. The topological polar surface area (TPSA) is 73.5 Å². The number of ketones is 1. The second-order valence-electron chi connectivity index (χ2n) is 7.19. The Morgan fingerprint density at radius 1 is 1.07 bits per heavy atom. The zero-order valence-corrected chi connectivity index (χ0v) is 16.8. The minimum atomic E-state index is -3.75. The Labute approximate surface area is 169 Å². The van der Waals surface area contributed by atoms with Crippen LogP contribution in [-0.2, 0) is 10.0 Å². The molecule has 0 radical (unpaired) electrons. The predicted octanol–water partition coefficient (Wildman–Crippen LogP) is 2.88. The quantitative estimate of drug-likeness (QED) is 0.651. The molecule has 2 heterocycles. The van der Waals surface area contributed by atoms with Crippen molar-refractivity contribution < 1.29 is 17.6 Å². The lowest BCUT2D eigenvalue weighted by molar-refractivity contribution is 0.0784. The lowest BCUT2D eigenvalue weighted by Gasteiger charge is -2.36. The van der Waals surface area contributed by atoms with Crippen molar-refractivity contribution in [1.82, 2.24) is 14.2 Å². The van der Waals surface area contributed by atoms with Crippen molar-refractivity contribution >= 4 is 26.7 Å². The molecule has 1 aromatic heterocycles. The molecule has 0 saturated carbocycles. The molecule has 0 amide bonds. The van der Waals surface area contributed by atoms with Gasteiger partial charge in [-0.1, -0.05) is 24.3 Å². The second kappa shape index (κ2) is 7.70. The number of aromatic nitrogens is 1. The number of benzene rings is 2. The lowest BCUT2D eigenvalue weighted by atomic mass is 10.0. The summed E-state index contributed by atoms with van der Waals surface area (Å²) in [6, 6.07) is 12.3. The first-order valence-electron chi connectivity index (χ1n) is 9.48. The Morgan fingerprint density at radius 2 is 1.79 bits per heavy atom. The number of nitrogens with zero attached hydrogens (tertiary/aromatic N) is 2. The summed E-state index contributed by atoms with van der Waals surface area (Å²) < 4.78 is 40.3. The Kier molecular flexibility index (Phi) is 5.24. The molecule has 6 nitrogen and oxygen atoms in total. The number of Topliss-reactive ketones (excluding diaryl/α,β-unsaturated/α-hetero) is 1. The van der Waals surface area contributed by atoms with E-state index in [1.165, 1.54) is 22.5 Å². The van der Waals surface area contributed by atoms with Crippen LogP contribution in [0.1, 0.15) is 17.3 Å². The second-order valence-corrected chi connectivity index (χ2v) is 9.12. The third-order valence-electron chi connectivity index (χ3n) is 5.49. The highest BCUT2D eigenvalue weighted by atomic mass is 32.2. The lowest BCUT2D eigenvalue weighted by Crippen LogP contribution is -2.53. The molecular weight excluding hydrogens is 393 g/mol. The van der Waals surface area contributed by atoms with Crippen LogP contribution in [0.4, 0.5) is 4.39 Å². The number of para-hydroxylation sites is 1. The van der Waals surface area contributed by atoms with Crippen LogP contribution in [0.2, 0.25) is 0 Å². The average molecular weight is 415 g/mol. The molecule has 0 aliphatic carbocycles. The van der Waals surface area contributed by atoms with Crippen LogP contribution < -0.4 is 0 Å². The van der Waals surface area contributed by atoms with Gasteiger partial charge in [0, 0.05) is 48.8 Å². The van der Waals surface area contributed by atoms with E-state index in [0.717, 1.165) is 17.0 Å². The van der Waals surface area contributed by atoms with E-state index in [0.29, 0.717) is 18.7 Å². The molecule has 3 aromatic rings. The summed E-state index contributed by atoms with van der Waals surface area (Å²) in [5, 5.41) is 0.886. The van der Waals surface area contributed by atoms with E-state index in [9.17, 15) is 17.6 Å². The minimum absolute atomic E-state index is 0.00360. The maximum atomic E-state index is 13.4. The highest BCUT2D eigenvalue weighted by Crippen LogP contribution is 2.23. The summed E-state index contributed by atoms with van der Waals surface area (Å²) in [5.41, 5.74) is 1.55. The number of hydrogen-bond acceptors (Lipinski definition) is 4. The fourth-order valence-corrected chi connectivity index (χ4v) is 5.23. The molecule has 0 unspecified atom stereocenters. The first-order valence-corrected chi connectivity index (χ1v) is 10.9. The molecule has 0 spiro atoms. The summed E-state index contributed by atoms with van der Waals surface area (Å²) in [5.74, 6) is -0.577. The van der Waals surface area contributed by atoms with Gasteiger partial charge in [0.1, 0.15) is 5.82 Å². The zero-order valence-electron chi connectivity index (χ0n) is 16.0. The fraction of sp³-hybridized carbons (Fsp3) is 0.286. The first kappa shape index (κ1) is 19.8. The van der Waals surface area contributed by atoms with Crippen molar-refractivity contribution in [2.75, 3.05) is 26.2 Å². The fourth-order valence-electron chi connectivity index (χ4n) is 3.77. The highest BCUT2D eigenvalue weighted by molar-refractivity contribution is 7.89. The van der Waals surface area contributed by atoms with Gasteiger partial charge in [-0.05, 0) is 31.2 Å². The van der Waals surface area contributed by atoms with Gasteiger partial charge in [-0.2, -0.15) is 4.31 Å². The number of aromatic amines is 1. The van der Waals surface area contributed by atoms with Crippen LogP contribution in [0, 0.1) is 5.82 Å². The van der Waals surface area contributed by atoms with Gasteiger partial charge in [0.05, 0.1) is 10.9 Å². The molecule has 29 heavy (non-hydrogen) atoms. The molecule has 1 N–H and O–H groups in total. The first-order chi connectivity index (χ1) is 13.9. The van der Waals surface area contributed by atoms with Crippen molar-refractivity contribution in [1.29, 1.82) is 0 Å². The summed E-state index contributed by atoms with van der Waals surface area (Å²) in [4.78, 5) is 18.1. The van der Waals surface area contributed by atoms with E-state index in [1.807, 2.05) is 36.1 Å². The van der Waals surface area contributed by atoms with Crippen molar-refractivity contribution in [3.8, 4) is 0 Å². The van der Waals surface area contributed by atoms with Crippen molar-refractivity contribution in [3.05, 3.63) is 66.1 Å². The number of fused-ring (bicyclic) bond motifs is 1. The van der Waals surface area contributed by atoms with Crippen molar-refractivity contribution in [2.24, 2.45) is 0 Å². The molecule has 1 atom stereocenters. The summed E-state index contributed by atoms with van der Waals surface area (Å²) in [6.45, 7) is 3.23. The maximum Gasteiger partial charge on any atom is 0.243 e. The van der Waals surface area contributed by atoms with Gasteiger partial charge in [-0.3, -0.25) is 9.69 Å². The molecule has 2 aromatic carbocycles. The number of H-pyrrole nitrogens is 1. The number of halogens is 1. The number of rotatable bonds is 5. The molecular formula is C21H22FN3O3S. The normalized spacial score (nSPS) is 17.4. The minimum Gasteiger partial charge on any atom is -0.360 e. The summed E-state index contributed by atoms with van der Waals surface area (Å²) in [6.07, 6.45) is 1.73. The number of sulfonamides is 1. The average Bonchev–Trinajstić information content (AvgIpc) is 3.17. The van der Waals surface area contributed by atoms with Gasteiger partial charge >= 0.3 is 0 Å². The number of carbonyl (C=O) groups excluding carboxylic acids is 1. The molecule has 0 bridgehead atoms. The van der Waals surface area contributed by atoms with Gasteiger partial charge < -0.3 is 4.98 Å². The third-order valence-corrected chi connectivity index (χ3v) is 7.38. The largest absolute Gasteiger partial charge is 0.360 e. The van der Waals surface area contributed by atoms with E-state index in [4.69, 9.17) is 0 Å². The van der Waals surface area contributed by atoms with Gasteiger partial charge in [-0.25, -0.2) is 12.8 Å². The molecule has 1 aliphatic rings. The molecule has 4 rings (SSSR count). The predicted molar refractivity (Wildman–Crippen MR) is 109 cm³/mol. The van der Waals surface area contributed by atoms with Crippen molar-refractivity contribution in [3.63, 3.8) is 0 Å². The van der Waals surface area contributed by atoms with E-state index in [2.05, 4.69) is 4.98 Å². The monoisotopic (exact) mass is 415 g/mol. The van der Waals surface area contributed by atoms with E-state index in [-0.39, 0.29) is 29.8 Å². The van der Waals surface area contributed by atoms with Crippen LogP contribution in [0.3, 0.4) is 0 Å². The molecule has 1 aliphatic heterocycles. The van der Waals surface area contributed by atoms with Gasteiger partial charge in [-0.15, -0.1) is 0 Å². The third kappa shape index (κ3) is 3.71. The number of piperazine rings is 1.